The Kier molecular flexibility index (Phi) is 4.81. The molecule has 3 nitrogen and oxygen atoms in total. The van der Waals surface area contributed by atoms with E-state index in [0.717, 1.165) is 25.2 Å². The van der Waals surface area contributed by atoms with Gasteiger partial charge in [-0.15, -0.1) is 0 Å². The zero-order valence-electron chi connectivity index (χ0n) is 13.4. The number of hydrogen-bond donors (Lipinski definition) is 1. The highest BCUT2D eigenvalue weighted by atomic mass is 16.5. The first-order chi connectivity index (χ1) is 10.3. The van der Waals surface area contributed by atoms with E-state index in [1.54, 1.807) is 0 Å². The van der Waals surface area contributed by atoms with Crippen LogP contribution in [0.3, 0.4) is 0 Å². The summed E-state index contributed by atoms with van der Waals surface area (Å²) in [5, 5.41) is 3.89. The first-order valence-electron chi connectivity index (χ1n) is 8.54. The van der Waals surface area contributed by atoms with E-state index >= 15 is 0 Å². The fourth-order valence-electron chi connectivity index (χ4n) is 3.57. The van der Waals surface area contributed by atoms with Crippen LogP contribution in [0.5, 0.6) is 5.75 Å². The number of nitrogens with one attached hydrogen (secondary N) is 1. The van der Waals surface area contributed by atoms with Gasteiger partial charge in [0.05, 0.1) is 6.61 Å². The topological polar surface area (TPSA) is 24.5 Å². The predicted octanol–water partition coefficient (Wildman–Crippen LogP) is 3.15. The van der Waals surface area contributed by atoms with Crippen molar-refractivity contribution in [3.8, 4) is 5.75 Å². The molecule has 3 heteroatoms. The molecule has 1 atom stereocenters. The fourth-order valence-corrected chi connectivity index (χ4v) is 3.57. The Morgan fingerprint density at radius 1 is 1.29 bits per heavy atom. The predicted molar refractivity (Wildman–Crippen MR) is 86.9 cm³/mol. The number of nitrogens with zero attached hydrogens (tertiary/aromatic N) is 1. The minimum atomic E-state index is 0.481. The molecule has 1 aromatic carbocycles. The van der Waals surface area contributed by atoms with Gasteiger partial charge >= 0.3 is 0 Å². The maximum atomic E-state index is 5.62. The smallest absolute Gasteiger partial charge is 0.122 e. The third kappa shape index (κ3) is 3.41. The van der Waals surface area contributed by atoms with Crippen LogP contribution < -0.4 is 10.1 Å². The summed E-state index contributed by atoms with van der Waals surface area (Å²) in [4.78, 5) is 2.55. The van der Waals surface area contributed by atoms with Crippen LogP contribution in [0.25, 0.3) is 0 Å². The van der Waals surface area contributed by atoms with Crippen molar-refractivity contribution in [3.63, 3.8) is 0 Å². The van der Waals surface area contributed by atoms with Gasteiger partial charge in [0, 0.05) is 18.5 Å². The van der Waals surface area contributed by atoms with E-state index in [1.165, 1.54) is 43.6 Å². The Balaban J connectivity index is 1.63. The molecule has 0 saturated carbocycles. The molecule has 3 rings (SSSR count). The third-order valence-corrected chi connectivity index (χ3v) is 5.00. The van der Waals surface area contributed by atoms with Gasteiger partial charge in [-0.05, 0) is 56.1 Å². The lowest BCUT2D eigenvalue weighted by molar-refractivity contribution is 0.198. The molecule has 0 spiro atoms. The summed E-state index contributed by atoms with van der Waals surface area (Å²) < 4.78 is 5.62. The monoisotopic (exact) mass is 288 g/mol. The largest absolute Gasteiger partial charge is 0.493 e. The van der Waals surface area contributed by atoms with Crippen molar-refractivity contribution in [2.24, 2.45) is 0 Å². The van der Waals surface area contributed by atoms with Crippen molar-refractivity contribution < 1.29 is 4.74 Å². The van der Waals surface area contributed by atoms with E-state index in [-0.39, 0.29) is 0 Å². The number of ether oxygens (including phenoxy) is 1. The van der Waals surface area contributed by atoms with Gasteiger partial charge in [0.2, 0.25) is 0 Å². The van der Waals surface area contributed by atoms with E-state index in [1.807, 2.05) is 0 Å². The second-order valence-electron chi connectivity index (χ2n) is 6.30. The van der Waals surface area contributed by atoms with Crippen LogP contribution >= 0.6 is 0 Å². The lowest BCUT2D eigenvalue weighted by Gasteiger charge is -2.34. The van der Waals surface area contributed by atoms with Crippen LogP contribution in [0.2, 0.25) is 0 Å². The molecule has 0 amide bonds. The molecule has 1 N–H and O–H groups in total. The number of piperidine rings is 1. The van der Waals surface area contributed by atoms with Crippen LogP contribution in [0.4, 0.5) is 0 Å². The highest BCUT2D eigenvalue weighted by molar-refractivity contribution is 5.40. The Labute approximate surface area is 128 Å². The van der Waals surface area contributed by atoms with Crippen LogP contribution in [-0.2, 0) is 6.42 Å². The molecule has 1 aromatic rings. The lowest BCUT2D eigenvalue weighted by Crippen LogP contribution is -2.43. The lowest BCUT2D eigenvalue weighted by atomic mass is 9.97. The average molecular weight is 288 g/mol. The van der Waals surface area contributed by atoms with Gasteiger partial charge in [-0.1, -0.05) is 26.0 Å². The standard InChI is InChI=1S/C18H28N2O/c1-3-17(19-16-7-10-20(4-2)11-8-16)14-5-6-18-15(13-14)9-12-21-18/h5-6,13,16-17,19H,3-4,7-12H2,1-2H3. The minimum absolute atomic E-state index is 0.481. The molecule has 0 aliphatic carbocycles. The quantitative estimate of drug-likeness (QED) is 0.901. The van der Waals surface area contributed by atoms with Gasteiger partial charge in [0.15, 0.2) is 0 Å². The van der Waals surface area contributed by atoms with E-state index < -0.39 is 0 Å². The highest BCUT2D eigenvalue weighted by Crippen LogP contribution is 2.29. The third-order valence-electron chi connectivity index (χ3n) is 5.00. The maximum Gasteiger partial charge on any atom is 0.122 e. The molecule has 1 saturated heterocycles. The summed E-state index contributed by atoms with van der Waals surface area (Å²) in [5.41, 5.74) is 2.81. The van der Waals surface area contributed by atoms with Crippen LogP contribution in [0.1, 0.15) is 50.3 Å². The summed E-state index contributed by atoms with van der Waals surface area (Å²) in [6, 6.07) is 7.90. The van der Waals surface area contributed by atoms with Crippen molar-refractivity contribution in [3.05, 3.63) is 29.3 Å². The first-order valence-corrected chi connectivity index (χ1v) is 8.54. The fraction of sp³-hybridized carbons (Fsp3) is 0.667. The molecule has 116 valence electrons. The minimum Gasteiger partial charge on any atom is -0.493 e. The Morgan fingerprint density at radius 3 is 2.81 bits per heavy atom. The molecule has 2 aliphatic rings. The number of benzene rings is 1. The van der Waals surface area contributed by atoms with Crippen molar-refractivity contribution in [1.29, 1.82) is 0 Å². The Hall–Kier alpha value is -1.06. The normalized spacial score (nSPS) is 21.0. The Morgan fingerprint density at radius 2 is 2.10 bits per heavy atom. The van der Waals surface area contributed by atoms with Gasteiger partial charge in [0.25, 0.3) is 0 Å². The number of fused-ring (bicyclic) bond motifs is 1. The average Bonchev–Trinajstić information content (AvgIpc) is 3.00. The molecular formula is C18H28N2O. The van der Waals surface area contributed by atoms with Gasteiger partial charge in [0.1, 0.15) is 5.75 Å². The highest BCUT2D eigenvalue weighted by Gasteiger charge is 2.22. The molecule has 0 aromatic heterocycles. The van der Waals surface area contributed by atoms with E-state index in [0.29, 0.717) is 12.1 Å². The van der Waals surface area contributed by atoms with Gasteiger partial charge in [-0.2, -0.15) is 0 Å². The van der Waals surface area contributed by atoms with Crippen molar-refractivity contribution >= 4 is 0 Å². The molecule has 21 heavy (non-hydrogen) atoms. The summed E-state index contributed by atoms with van der Waals surface area (Å²) >= 11 is 0. The van der Waals surface area contributed by atoms with E-state index in [9.17, 15) is 0 Å². The van der Waals surface area contributed by atoms with E-state index in [4.69, 9.17) is 4.74 Å². The van der Waals surface area contributed by atoms with Gasteiger partial charge in [-0.3, -0.25) is 0 Å². The molecule has 0 bridgehead atoms. The summed E-state index contributed by atoms with van der Waals surface area (Å²) in [5.74, 6) is 1.09. The second kappa shape index (κ2) is 6.80. The second-order valence-corrected chi connectivity index (χ2v) is 6.30. The summed E-state index contributed by atoms with van der Waals surface area (Å²) in [6.45, 7) is 9.05. The SMILES string of the molecule is CCC(NC1CCN(CC)CC1)c1ccc2c(c1)CCO2. The van der Waals surface area contributed by atoms with Gasteiger partial charge < -0.3 is 15.0 Å². The Bertz CT molecular complexity index is 466. The zero-order valence-corrected chi connectivity index (χ0v) is 13.4. The van der Waals surface area contributed by atoms with Crippen LogP contribution in [0.15, 0.2) is 18.2 Å². The molecule has 0 radical (unpaired) electrons. The van der Waals surface area contributed by atoms with Gasteiger partial charge in [-0.25, -0.2) is 0 Å². The maximum absolute atomic E-state index is 5.62. The molecule has 2 heterocycles. The number of likely N-dealkylation sites (tertiary alicyclic amines) is 1. The van der Waals surface area contributed by atoms with Crippen LogP contribution in [-0.4, -0.2) is 37.2 Å². The number of hydrogen-bond acceptors (Lipinski definition) is 3. The molecular weight excluding hydrogens is 260 g/mol. The number of rotatable bonds is 5. The van der Waals surface area contributed by atoms with E-state index in [2.05, 4.69) is 42.3 Å². The zero-order chi connectivity index (χ0) is 14.7. The summed E-state index contributed by atoms with van der Waals surface area (Å²) in [6.07, 6.45) is 4.76. The van der Waals surface area contributed by atoms with Crippen molar-refractivity contribution in [1.82, 2.24) is 10.2 Å². The van der Waals surface area contributed by atoms with Crippen molar-refractivity contribution in [2.45, 2.75) is 51.6 Å². The van der Waals surface area contributed by atoms with Crippen LogP contribution in [0, 0.1) is 0 Å². The molecule has 1 unspecified atom stereocenters. The molecule has 1 fully saturated rings. The first kappa shape index (κ1) is 14.9. The molecule has 2 aliphatic heterocycles. The van der Waals surface area contributed by atoms with Crippen molar-refractivity contribution in [2.75, 3.05) is 26.2 Å². The summed E-state index contributed by atoms with van der Waals surface area (Å²) in [7, 11) is 0.